The Labute approximate surface area is 162 Å². The van der Waals surface area contributed by atoms with E-state index in [4.69, 9.17) is 0 Å². The summed E-state index contributed by atoms with van der Waals surface area (Å²) in [6, 6.07) is 2.10. The molecule has 0 bridgehead atoms. The highest BCUT2D eigenvalue weighted by molar-refractivity contribution is 7.08. The molecule has 1 saturated heterocycles. The minimum atomic E-state index is -0.153. The summed E-state index contributed by atoms with van der Waals surface area (Å²) in [5, 5.41) is 14.9. The first-order chi connectivity index (χ1) is 13.2. The Morgan fingerprint density at radius 1 is 1.26 bits per heavy atom. The fraction of sp³-hybridized carbons (Fsp3) is 0.579. The van der Waals surface area contributed by atoms with E-state index in [1.165, 1.54) is 12.8 Å². The van der Waals surface area contributed by atoms with Gasteiger partial charge in [0, 0.05) is 31.1 Å². The number of carbonyl (C=O) groups is 2. The summed E-state index contributed by atoms with van der Waals surface area (Å²) in [5.41, 5.74) is 1.15. The highest BCUT2D eigenvalue weighted by atomic mass is 32.1. The Kier molecular flexibility index (Phi) is 5.52. The first kappa shape index (κ1) is 18.2. The van der Waals surface area contributed by atoms with Crippen LogP contribution in [0.5, 0.6) is 0 Å². The molecule has 1 aliphatic heterocycles. The van der Waals surface area contributed by atoms with Crippen LogP contribution in [0.25, 0.3) is 0 Å². The lowest BCUT2D eigenvalue weighted by Crippen LogP contribution is -2.44. The molecule has 2 amide bonds. The van der Waals surface area contributed by atoms with Crippen molar-refractivity contribution < 1.29 is 9.59 Å². The monoisotopic (exact) mass is 387 g/mol. The Morgan fingerprint density at radius 2 is 2.15 bits per heavy atom. The average molecular weight is 388 g/mol. The van der Waals surface area contributed by atoms with Gasteiger partial charge in [0.1, 0.15) is 0 Å². The summed E-state index contributed by atoms with van der Waals surface area (Å²) in [6.45, 7) is 2.19. The second kappa shape index (κ2) is 8.21. The van der Waals surface area contributed by atoms with Crippen molar-refractivity contribution in [3.05, 3.63) is 34.3 Å². The van der Waals surface area contributed by atoms with Gasteiger partial charge in [0.2, 0.25) is 0 Å². The maximum absolute atomic E-state index is 12.8. The number of carbonyl (C=O) groups excluding carboxylic acids is 2. The summed E-state index contributed by atoms with van der Waals surface area (Å²) in [5.74, 6) is 0.613. The average Bonchev–Trinajstić information content (AvgIpc) is 3.16. The molecule has 27 heavy (non-hydrogen) atoms. The van der Waals surface area contributed by atoms with Gasteiger partial charge in [-0.3, -0.25) is 14.3 Å². The summed E-state index contributed by atoms with van der Waals surface area (Å²) < 4.78 is 1.72. The predicted octanol–water partition coefficient (Wildman–Crippen LogP) is 2.56. The number of nitrogens with zero attached hydrogens (tertiary/aromatic N) is 4. The molecule has 8 heteroatoms. The van der Waals surface area contributed by atoms with E-state index < -0.39 is 0 Å². The summed E-state index contributed by atoms with van der Waals surface area (Å²) in [7, 11) is 0. The third-order valence-corrected chi connectivity index (χ3v) is 6.05. The van der Waals surface area contributed by atoms with Crippen LogP contribution in [0.1, 0.15) is 59.4 Å². The first-order valence-electron chi connectivity index (χ1n) is 9.72. The molecule has 0 aromatic carbocycles. The lowest BCUT2D eigenvalue weighted by atomic mass is 9.98. The molecule has 2 aliphatic rings. The smallest absolute Gasteiger partial charge is 0.273 e. The number of aromatic nitrogens is 3. The zero-order valence-electron chi connectivity index (χ0n) is 15.3. The van der Waals surface area contributed by atoms with Crippen LogP contribution in [-0.2, 0) is 6.54 Å². The molecular formula is C19H25N5O2S. The van der Waals surface area contributed by atoms with Crippen molar-refractivity contribution in [3.63, 3.8) is 0 Å². The normalized spacial score (nSPS) is 19.9. The molecule has 0 radical (unpaired) electrons. The van der Waals surface area contributed by atoms with Crippen LogP contribution in [0.4, 0.5) is 0 Å². The van der Waals surface area contributed by atoms with Crippen LogP contribution in [0.15, 0.2) is 23.0 Å². The number of amides is 2. The molecule has 7 nitrogen and oxygen atoms in total. The number of aryl methyl sites for hydroxylation is 1. The predicted molar refractivity (Wildman–Crippen MR) is 103 cm³/mol. The van der Waals surface area contributed by atoms with E-state index in [9.17, 15) is 9.59 Å². The zero-order chi connectivity index (χ0) is 18.6. The molecule has 3 heterocycles. The standard InChI is InChI=1S/C19H25N5O2S/c25-18(20-11-14-4-5-14)17-12-23(22-21-17)9-6-16-3-1-2-8-24(16)19(26)15-7-10-27-13-15/h7,10,12-14,16H,1-6,8-9,11H2,(H,20,25). The van der Waals surface area contributed by atoms with Crippen molar-refractivity contribution in [2.24, 2.45) is 5.92 Å². The number of thiophene rings is 1. The van der Waals surface area contributed by atoms with Gasteiger partial charge >= 0.3 is 0 Å². The van der Waals surface area contributed by atoms with Gasteiger partial charge in [-0.1, -0.05) is 5.21 Å². The van der Waals surface area contributed by atoms with Gasteiger partial charge < -0.3 is 10.2 Å². The second-order valence-corrected chi connectivity index (χ2v) is 8.25. The molecular weight excluding hydrogens is 362 g/mol. The van der Waals surface area contributed by atoms with Crippen molar-refractivity contribution in [2.45, 2.75) is 51.1 Å². The lowest BCUT2D eigenvalue weighted by Gasteiger charge is -2.35. The second-order valence-electron chi connectivity index (χ2n) is 7.47. The molecule has 2 aromatic rings. The fourth-order valence-electron chi connectivity index (χ4n) is 3.56. The summed E-state index contributed by atoms with van der Waals surface area (Å²) >= 11 is 1.55. The van der Waals surface area contributed by atoms with Crippen LogP contribution in [0.3, 0.4) is 0 Å². The van der Waals surface area contributed by atoms with E-state index >= 15 is 0 Å². The lowest BCUT2D eigenvalue weighted by molar-refractivity contribution is 0.0594. The maximum atomic E-state index is 12.8. The molecule has 1 aliphatic carbocycles. The third kappa shape index (κ3) is 4.55. The van der Waals surface area contributed by atoms with Gasteiger partial charge in [-0.2, -0.15) is 11.3 Å². The van der Waals surface area contributed by atoms with Gasteiger partial charge in [0.25, 0.3) is 11.8 Å². The van der Waals surface area contributed by atoms with Crippen LogP contribution in [-0.4, -0.2) is 50.8 Å². The number of piperidine rings is 1. The van der Waals surface area contributed by atoms with E-state index in [1.807, 2.05) is 21.7 Å². The minimum absolute atomic E-state index is 0.125. The Hall–Kier alpha value is -2.22. The van der Waals surface area contributed by atoms with E-state index in [0.29, 0.717) is 18.2 Å². The fourth-order valence-corrected chi connectivity index (χ4v) is 4.19. The summed E-state index contributed by atoms with van der Waals surface area (Å²) in [4.78, 5) is 26.8. The van der Waals surface area contributed by atoms with Crippen molar-refractivity contribution in [2.75, 3.05) is 13.1 Å². The number of likely N-dealkylation sites (tertiary alicyclic amines) is 1. The first-order valence-corrected chi connectivity index (χ1v) is 10.7. The number of rotatable bonds is 7. The van der Waals surface area contributed by atoms with Gasteiger partial charge in [-0.25, -0.2) is 0 Å². The van der Waals surface area contributed by atoms with Crippen LogP contribution < -0.4 is 5.32 Å². The Bertz CT molecular complexity index is 784. The molecule has 1 unspecified atom stereocenters. The molecule has 0 spiro atoms. The number of hydrogen-bond donors (Lipinski definition) is 1. The van der Waals surface area contributed by atoms with Crippen molar-refractivity contribution in [1.82, 2.24) is 25.2 Å². The molecule has 1 N–H and O–H groups in total. The van der Waals surface area contributed by atoms with Crippen LogP contribution >= 0.6 is 11.3 Å². The Balaban J connectivity index is 1.32. The molecule has 1 atom stereocenters. The summed E-state index contributed by atoms with van der Waals surface area (Å²) in [6.07, 6.45) is 8.15. The largest absolute Gasteiger partial charge is 0.350 e. The molecule has 1 saturated carbocycles. The Morgan fingerprint density at radius 3 is 2.93 bits per heavy atom. The van der Waals surface area contributed by atoms with Gasteiger partial charge in [0.15, 0.2) is 5.69 Å². The van der Waals surface area contributed by atoms with Gasteiger partial charge in [-0.05, 0) is 55.9 Å². The van der Waals surface area contributed by atoms with E-state index in [2.05, 4.69) is 15.6 Å². The van der Waals surface area contributed by atoms with Crippen LogP contribution in [0, 0.1) is 5.92 Å². The molecule has 2 fully saturated rings. The van der Waals surface area contributed by atoms with Gasteiger partial charge in [-0.15, -0.1) is 5.10 Å². The third-order valence-electron chi connectivity index (χ3n) is 5.37. The van der Waals surface area contributed by atoms with E-state index in [0.717, 1.165) is 44.3 Å². The SMILES string of the molecule is O=C(NCC1CC1)c1cn(CCC2CCCCN2C(=O)c2ccsc2)nn1. The molecule has 4 rings (SSSR count). The van der Waals surface area contributed by atoms with Crippen molar-refractivity contribution in [1.29, 1.82) is 0 Å². The highest BCUT2D eigenvalue weighted by Crippen LogP contribution is 2.27. The maximum Gasteiger partial charge on any atom is 0.273 e. The molecule has 2 aromatic heterocycles. The number of hydrogen-bond acceptors (Lipinski definition) is 5. The van der Waals surface area contributed by atoms with Crippen molar-refractivity contribution >= 4 is 23.2 Å². The molecule has 144 valence electrons. The zero-order valence-corrected chi connectivity index (χ0v) is 16.2. The quantitative estimate of drug-likeness (QED) is 0.792. The van der Waals surface area contributed by atoms with E-state index in [1.54, 1.807) is 22.2 Å². The van der Waals surface area contributed by atoms with Crippen molar-refractivity contribution in [3.8, 4) is 0 Å². The van der Waals surface area contributed by atoms with Crippen LogP contribution in [0.2, 0.25) is 0 Å². The number of nitrogens with one attached hydrogen (secondary N) is 1. The highest BCUT2D eigenvalue weighted by Gasteiger charge is 2.28. The minimum Gasteiger partial charge on any atom is -0.350 e. The topological polar surface area (TPSA) is 80.1 Å². The van der Waals surface area contributed by atoms with E-state index in [-0.39, 0.29) is 17.9 Å². The van der Waals surface area contributed by atoms with Gasteiger partial charge in [0.05, 0.1) is 11.8 Å².